The molecular formula is C25H34FNO3. The van der Waals surface area contributed by atoms with Gasteiger partial charge in [-0.2, -0.15) is 0 Å². The molecule has 0 radical (unpaired) electrons. The molecule has 0 saturated heterocycles. The molecule has 1 aliphatic rings. The minimum Gasteiger partial charge on any atom is -0.376 e. The van der Waals surface area contributed by atoms with Crippen LogP contribution < -0.4 is 5.32 Å². The quantitative estimate of drug-likeness (QED) is 0.664. The summed E-state index contributed by atoms with van der Waals surface area (Å²) in [6.45, 7) is 9.86. The number of hydrogen-bond acceptors (Lipinski definition) is 3. The third-order valence-corrected chi connectivity index (χ3v) is 6.35. The molecule has 1 saturated carbocycles. The fraction of sp³-hybridized carbons (Fsp3) is 0.480. The van der Waals surface area contributed by atoms with Gasteiger partial charge in [-0.15, -0.1) is 0 Å². The number of carbonyl (C=O) groups excluding carboxylic acids is 1. The number of hydrogen-bond donors (Lipinski definition) is 1. The lowest BCUT2D eigenvalue weighted by molar-refractivity contribution is -0.147. The highest BCUT2D eigenvalue weighted by molar-refractivity contribution is 6.01. The van der Waals surface area contributed by atoms with Gasteiger partial charge in [0.05, 0.1) is 22.3 Å². The molecule has 1 N–H and O–H groups in total. The zero-order valence-electron chi connectivity index (χ0n) is 19.1. The summed E-state index contributed by atoms with van der Waals surface area (Å²) >= 11 is 0. The number of aryl methyl sites for hydroxylation is 1. The Labute approximate surface area is 179 Å². The van der Waals surface area contributed by atoms with E-state index in [0.717, 1.165) is 24.0 Å². The molecule has 1 amide bonds. The van der Waals surface area contributed by atoms with Crippen molar-refractivity contribution in [2.45, 2.75) is 64.1 Å². The van der Waals surface area contributed by atoms with Gasteiger partial charge < -0.3 is 14.8 Å². The maximum absolute atomic E-state index is 13.8. The van der Waals surface area contributed by atoms with E-state index < -0.39 is 5.41 Å². The van der Waals surface area contributed by atoms with Crippen molar-refractivity contribution < 1.29 is 18.7 Å². The fourth-order valence-electron chi connectivity index (χ4n) is 2.98. The van der Waals surface area contributed by atoms with Gasteiger partial charge in [-0.1, -0.05) is 36.4 Å². The first-order valence-corrected chi connectivity index (χ1v) is 10.2. The lowest BCUT2D eigenvalue weighted by Crippen LogP contribution is -2.48. The van der Waals surface area contributed by atoms with Crippen LogP contribution in [0.15, 0.2) is 48.5 Å². The van der Waals surface area contributed by atoms with Crippen molar-refractivity contribution in [2.24, 2.45) is 0 Å². The van der Waals surface area contributed by atoms with Crippen LogP contribution in [0.5, 0.6) is 0 Å². The third-order valence-electron chi connectivity index (χ3n) is 6.35. The predicted molar refractivity (Wildman–Crippen MR) is 119 cm³/mol. The number of benzene rings is 2. The third kappa shape index (κ3) is 5.27. The molecule has 30 heavy (non-hydrogen) atoms. The van der Waals surface area contributed by atoms with Gasteiger partial charge in [-0.3, -0.25) is 4.79 Å². The number of carbonyl (C=O) groups is 1. The number of halogens is 1. The molecule has 0 atom stereocenters. The van der Waals surface area contributed by atoms with E-state index in [1.165, 1.54) is 6.07 Å². The van der Waals surface area contributed by atoms with E-state index >= 15 is 0 Å². The van der Waals surface area contributed by atoms with Gasteiger partial charge >= 0.3 is 0 Å². The molecule has 2 aromatic rings. The second kappa shape index (κ2) is 9.27. The van der Waals surface area contributed by atoms with Gasteiger partial charge in [0.1, 0.15) is 5.82 Å². The molecule has 4 nitrogen and oxygen atoms in total. The second-order valence-corrected chi connectivity index (χ2v) is 8.81. The highest BCUT2D eigenvalue weighted by Crippen LogP contribution is 2.49. The number of amides is 1. The zero-order chi connectivity index (χ0) is 22.6. The molecular weight excluding hydrogens is 381 g/mol. The number of anilines is 1. The lowest BCUT2D eigenvalue weighted by atomic mass is 9.89. The molecule has 0 aliphatic heterocycles. The van der Waals surface area contributed by atoms with Crippen molar-refractivity contribution >= 4 is 11.6 Å². The molecule has 1 fully saturated rings. The Bertz CT molecular complexity index is 844. The molecule has 0 bridgehead atoms. The van der Waals surface area contributed by atoms with Crippen LogP contribution in [0.4, 0.5) is 10.1 Å². The lowest BCUT2D eigenvalue weighted by Gasteiger charge is -2.38. The van der Waals surface area contributed by atoms with Crippen molar-refractivity contribution in [3.8, 4) is 0 Å². The van der Waals surface area contributed by atoms with Gasteiger partial charge in [-0.05, 0) is 70.7 Å². The molecule has 2 aromatic carbocycles. The molecule has 164 valence electrons. The molecule has 0 unspecified atom stereocenters. The molecule has 0 spiro atoms. The molecule has 1 aliphatic carbocycles. The van der Waals surface area contributed by atoms with Crippen LogP contribution in [0.2, 0.25) is 0 Å². The van der Waals surface area contributed by atoms with E-state index in [1.54, 1.807) is 26.4 Å². The Morgan fingerprint density at radius 2 is 1.50 bits per heavy atom. The largest absolute Gasteiger partial charge is 0.376 e. The zero-order valence-corrected chi connectivity index (χ0v) is 19.1. The summed E-state index contributed by atoms with van der Waals surface area (Å²) in [6.07, 6.45) is 1.63. The number of ether oxygens (including phenoxy) is 2. The average Bonchev–Trinajstić information content (AvgIpc) is 3.53. The Hall–Kier alpha value is -2.24. The fourth-order valence-corrected chi connectivity index (χ4v) is 2.98. The summed E-state index contributed by atoms with van der Waals surface area (Å²) in [5.41, 5.74) is 1.15. The SMILES string of the molecule is COC(C)(C)C(C)(C)OC.Cc1ccc(NC(=O)C2(c3ccccc3)CC2)c(F)c1. The van der Waals surface area contributed by atoms with Gasteiger partial charge in [0.15, 0.2) is 0 Å². The topological polar surface area (TPSA) is 47.6 Å². The van der Waals surface area contributed by atoms with Gasteiger partial charge in [0, 0.05) is 14.2 Å². The number of methoxy groups -OCH3 is 2. The Morgan fingerprint density at radius 1 is 0.967 bits per heavy atom. The predicted octanol–water partition coefficient (Wildman–Crippen LogP) is 5.64. The van der Waals surface area contributed by atoms with Crippen LogP contribution in [0, 0.1) is 12.7 Å². The summed E-state index contributed by atoms with van der Waals surface area (Å²) < 4.78 is 24.3. The van der Waals surface area contributed by atoms with Crippen molar-refractivity contribution in [3.05, 3.63) is 65.5 Å². The summed E-state index contributed by atoms with van der Waals surface area (Å²) in [5, 5.41) is 2.72. The first kappa shape index (κ1) is 24.0. The highest BCUT2D eigenvalue weighted by atomic mass is 19.1. The maximum Gasteiger partial charge on any atom is 0.235 e. The van der Waals surface area contributed by atoms with Crippen LogP contribution >= 0.6 is 0 Å². The van der Waals surface area contributed by atoms with Crippen molar-refractivity contribution in [2.75, 3.05) is 19.5 Å². The van der Waals surface area contributed by atoms with Crippen LogP contribution in [-0.2, 0) is 19.7 Å². The van der Waals surface area contributed by atoms with Crippen LogP contribution in [-0.4, -0.2) is 31.3 Å². The summed E-state index contributed by atoms with van der Waals surface area (Å²) in [7, 11) is 3.39. The van der Waals surface area contributed by atoms with Crippen molar-refractivity contribution in [3.63, 3.8) is 0 Å². The maximum atomic E-state index is 13.8. The molecule has 0 aromatic heterocycles. The smallest absolute Gasteiger partial charge is 0.235 e. The van der Waals surface area contributed by atoms with Gasteiger partial charge in [0.25, 0.3) is 0 Å². The second-order valence-electron chi connectivity index (χ2n) is 8.81. The van der Waals surface area contributed by atoms with E-state index in [-0.39, 0.29) is 28.6 Å². The first-order valence-electron chi connectivity index (χ1n) is 10.2. The molecule has 0 heterocycles. The first-order chi connectivity index (χ1) is 14.0. The van der Waals surface area contributed by atoms with Crippen LogP contribution in [0.3, 0.4) is 0 Å². The Balaban J connectivity index is 0.000000274. The van der Waals surface area contributed by atoms with Crippen molar-refractivity contribution in [1.29, 1.82) is 0 Å². The van der Waals surface area contributed by atoms with E-state index in [1.807, 2.05) is 65.0 Å². The van der Waals surface area contributed by atoms with E-state index in [4.69, 9.17) is 9.47 Å². The normalized spacial score (nSPS) is 15.1. The van der Waals surface area contributed by atoms with E-state index in [2.05, 4.69) is 5.32 Å². The highest BCUT2D eigenvalue weighted by Gasteiger charge is 2.51. The monoisotopic (exact) mass is 415 g/mol. The number of rotatable bonds is 6. The molecule has 3 rings (SSSR count). The summed E-state index contributed by atoms with van der Waals surface area (Å²) in [6, 6.07) is 14.5. The summed E-state index contributed by atoms with van der Waals surface area (Å²) in [5.74, 6) is -0.506. The Kier molecular flexibility index (Phi) is 7.43. The van der Waals surface area contributed by atoms with Crippen LogP contribution in [0.1, 0.15) is 51.7 Å². The minimum atomic E-state index is -0.474. The average molecular weight is 416 g/mol. The van der Waals surface area contributed by atoms with Gasteiger partial charge in [-0.25, -0.2) is 4.39 Å². The standard InChI is InChI=1S/C17H16FNO.C8H18O2/c1-12-7-8-15(14(18)11-12)19-16(20)17(9-10-17)13-5-3-2-4-6-13;1-7(2,9-5)8(3,4)10-6/h2-8,11H,9-10H2,1H3,(H,19,20);1-6H3. The van der Waals surface area contributed by atoms with Gasteiger partial charge in [0.2, 0.25) is 5.91 Å². The number of nitrogens with one attached hydrogen (secondary N) is 1. The molecule has 5 heteroatoms. The minimum absolute atomic E-state index is 0.119. The van der Waals surface area contributed by atoms with Crippen molar-refractivity contribution in [1.82, 2.24) is 0 Å². The van der Waals surface area contributed by atoms with Crippen LogP contribution in [0.25, 0.3) is 0 Å². The Morgan fingerprint density at radius 3 is 1.93 bits per heavy atom. The summed E-state index contributed by atoms with van der Waals surface area (Å²) in [4.78, 5) is 12.5. The van der Waals surface area contributed by atoms with E-state index in [0.29, 0.717) is 0 Å². The van der Waals surface area contributed by atoms with E-state index in [9.17, 15) is 9.18 Å².